The molecule has 0 aliphatic carbocycles. The lowest BCUT2D eigenvalue weighted by molar-refractivity contribution is 0.139. The Morgan fingerprint density at radius 2 is 2.41 bits per heavy atom. The van der Waals surface area contributed by atoms with Gasteiger partial charge < -0.3 is 15.4 Å². The monoisotopic (exact) mass is 240 g/mol. The molecule has 1 aromatic rings. The number of piperidine rings is 1. The van der Waals surface area contributed by atoms with Gasteiger partial charge in [0.2, 0.25) is 5.89 Å². The summed E-state index contributed by atoms with van der Waals surface area (Å²) in [5, 5.41) is 12.9. The number of hydrogen-bond donors (Lipinski definition) is 2. The zero-order valence-corrected chi connectivity index (χ0v) is 10.0. The number of nitrogens with zero attached hydrogens (tertiary/aromatic N) is 3. The van der Waals surface area contributed by atoms with E-state index in [2.05, 4.69) is 15.0 Å². The van der Waals surface area contributed by atoms with Gasteiger partial charge in [-0.3, -0.25) is 4.90 Å². The van der Waals surface area contributed by atoms with E-state index in [-0.39, 0.29) is 6.61 Å². The van der Waals surface area contributed by atoms with Crippen molar-refractivity contribution in [3.05, 3.63) is 11.7 Å². The highest BCUT2D eigenvalue weighted by Gasteiger charge is 2.20. The number of aliphatic hydroxyl groups excluding tert-OH is 1. The molecule has 1 saturated heterocycles. The highest BCUT2D eigenvalue weighted by atomic mass is 16.5. The summed E-state index contributed by atoms with van der Waals surface area (Å²) in [6.07, 6.45) is 3.26. The highest BCUT2D eigenvalue weighted by molar-refractivity contribution is 4.87. The lowest BCUT2D eigenvalue weighted by Crippen LogP contribution is -2.35. The number of likely N-dealkylation sites (tertiary alicyclic amines) is 1. The van der Waals surface area contributed by atoms with Crippen LogP contribution < -0.4 is 5.73 Å². The molecule has 1 atom stereocenters. The van der Waals surface area contributed by atoms with Gasteiger partial charge in [-0.1, -0.05) is 5.16 Å². The van der Waals surface area contributed by atoms with Crippen molar-refractivity contribution in [1.29, 1.82) is 0 Å². The molecule has 6 nitrogen and oxygen atoms in total. The van der Waals surface area contributed by atoms with E-state index in [0.717, 1.165) is 19.5 Å². The lowest BCUT2D eigenvalue weighted by Gasteiger charge is -2.31. The van der Waals surface area contributed by atoms with Gasteiger partial charge in [-0.15, -0.1) is 0 Å². The normalized spacial score (nSPS) is 21.9. The molecule has 2 rings (SSSR count). The molecule has 6 heteroatoms. The Kier molecular flexibility index (Phi) is 4.47. The summed E-state index contributed by atoms with van der Waals surface area (Å²) in [6.45, 7) is 3.35. The van der Waals surface area contributed by atoms with E-state index in [9.17, 15) is 0 Å². The van der Waals surface area contributed by atoms with E-state index in [1.807, 2.05) is 0 Å². The standard InChI is InChI=1S/C11H20N4O2/c12-6-11-13-10(14-17-11)8-15-4-1-2-9(7-15)3-5-16/h9,16H,1-8,12H2. The van der Waals surface area contributed by atoms with Crippen LogP contribution >= 0.6 is 0 Å². The molecule has 1 aromatic heterocycles. The zero-order valence-electron chi connectivity index (χ0n) is 10.0. The van der Waals surface area contributed by atoms with Crippen LogP contribution in [-0.2, 0) is 13.1 Å². The van der Waals surface area contributed by atoms with Gasteiger partial charge >= 0.3 is 0 Å². The van der Waals surface area contributed by atoms with Gasteiger partial charge in [0, 0.05) is 13.2 Å². The minimum absolute atomic E-state index is 0.276. The van der Waals surface area contributed by atoms with E-state index < -0.39 is 0 Å². The molecule has 0 bridgehead atoms. The molecule has 2 heterocycles. The molecule has 0 aromatic carbocycles. The highest BCUT2D eigenvalue weighted by Crippen LogP contribution is 2.20. The van der Waals surface area contributed by atoms with Crippen LogP contribution in [0.1, 0.15) is 31.0 Å². The Bertz CT molecular complexity index is 340. The van der Waals surface area contributed by atoms with Gasteiger partial charge in [-0.25, -0.2) is 0 Å². The van der Waals surface area contributed by atoms with Gasteiger partial charge in [-0.2, -0.15) is 4.98 Å². The topological polar surface area (TPSA) is 88.4 Å². The van der Waals surface area contributed by atoms with Crippen molar-refractivity contribution in [2.24, 2.45) is 11.7 Å². The number of aromatic nitrogens is 2. The fourth-order valence-electron chi connectivity index (χ4n) is 2.35. The summed E-state index contributed by atoms with van der Waals surface area (Å²) >= 11 is 0. The summed E-state index contributed by atoms with van der Waals surface area (Å²) in [7, 11) is 0. The first-order valence-electron chi connectivity index (χ1n) is 6.16. The Hall–Kier alpha value is -0.980. The second-order valence-electron chi connectivity index (χ2n) is 4.56. The number of aliphatic hydroxyl groups is 1. The molecule has 0 radical (unpaired) electrons. The Morgan fingerprint density at radius 1 is 1.53 bits per heavy atom. The van der Waals surface area contributed by atoms with Gasteiger partial charge in [0.15, 0.2) is 5.82 Å². The number of hydrogen-bond acceptors (Lipinski definition) is 6. The smallest absolute Gasteiger partial charge is 0.240 e. The van der Waals surface area contributed by atoms with Crippen molar-refractivity contribution in [3.63, 3.8) is 0 Å². The predicted molar refractivity (Wildman–Crippen MR) is 61.9 cm³/mol. The van der Waals surface area contributed by atoms with Crippen LogP contribution in [0, 0.1) is 5.92 Å². The minimum atomic E-state index is 0.276. The fourth-order valence-corrected chi connectivity index (χ4v) is 2.35. The van der Waals surface area contributed by atoms with E-state index >= 15 is 0 Å². The van der Waals surface area contributed by atoms with E-state index in [4.69, 9.17) is 15.4 Å². The van der Waals surface area contributed by atoms with Crippen molar-refractivity contribution in [2.75, 3.05) is 19.7 Å². The summed E-state index contributed by atoms with van der Waals surface area (Å²) < 4.78 is 4.98. The first-order valence-corrected chi connectivity index (χ1v) is 6.16. The molecule has 1 aliphatic heterocycles. The molecule has 0 spiro atoms. The van der Waals surface area contributed by atoms with Gasteiger partial charge in [0.05, 0.1) is 13.1 Å². The predicted octanol–water partition coefficient (Wildman–Crippen LogP) is 0.123. The van der Waals surface area contributed by atoms with Gasteiger partial charge in [-0.05, 0) is 31.7 Å². The molecule has 3 N–H and O–H groups in total. The van der Waals surface area contributed by atoms with Crippen molar-refractivity contribution >= 4 is 0 Å². The molecule has 1 unspecified atom stereocenters. The summed E-state index contributed by atoms with van der Waals surface area (Å²) in [6, 6.07) is 0. The van der Waals surface area contributed by atoms with Crippen molar-refractivity contribution < 1.29 is 9.63 Å². The Balaban J connectivity index is 1.85. The van der Waals surface area contributed by atoms with E-state index in [0.29, 0.717) is 30.7 Å². The maximum atomic E-state index is 8.96. The van der Waals surface area contributed by atoms with Crippen LogP contribution in [0.2, 0.25) is 0 Å². The summed E-state index contributed by atoms with van der Waals surface area (Å²) in [5.41, 5.74) is 5.42. The minimum Gasteiger partial charge on any atom is -0.396 e. The molecule has 1 aliphatic rings. The van der Waals surface area contributed by atoms with Gasteiger partial charge in [0.1, 0.15) is 0 Å². The van der Waals surface area contributed by atoms with Crippen LogP contribution in [0.4, 0.5) is 0 Å². The molecular formula is C11H20N4O2. The summed E-state index contributed by atoms with van der Waals surface area (Å²) in [5.74, 6) is 1.79. The Morgan fingerprint density at radius 3 is 3.12 bits per heavy atom. The van der Waals surface area contributed by atoms with Crippen LogP contribution in [0.5, 0.6) is 0 Å². The molecule has 1 fully saturated rings. The maximum Gasteiger partial charge on any atom is 0.240 e. The second-order valence-corrected chi connectivity index (χ2v) is 4.56. The average Bonchev–Trinajstić information content (AvgIpc) is 2.78. The largest absolute Gasteiger partial charge is 0.396 e. The van der Waals surface area contributed by atoms with Crippen molar-refractivity contribution in [2.45, 2.75) is 32.4 Å². The Labute approximate surface area is 101 Å². The maximum absolute atomic E-state index is 8.96. The van der Waals surface area contributed by atoms with Gasteiger partial charge in [0.25, 0.3) is 0 Å². The molecule has 0 saturated carbocycles. The SMILES string of the molecule is NCc1nc(CN2CCCC(CCO)C2)no1. The third kappa shape index (κ3) is 3.49. The van der Waals surface area contributed by atoms with E-state index in [1.165, 1.54) is 12.8 Å². The summed E-state index contributed by atoms with van der Waals surface area (Å²) in [4.78, 5) is 6.51. The van der Waals surface area contributed by atoms with Crippen LogP contribution in [0.3, 0.4) is 0 Å². The molecular weight excluding hydrogens is 220 g/mol. The van der Waals surface area contributed by atoms with Crippen molar-refractivity contribution in [1.82, 2.24) is 15.0 Å². The third-order valence-electron chi connectivity index (χ3n) is 3.19. The second kappa shape index (κ2) is 6.09. The molecule has 96 valence electrons. The van der Waals surface area contributed by atoms with Crippen molar-refractivity contribution in [3.8, 4) is 0 Å². The molecule has 17 heavy (non-hydrogen) atoms. The number of nitrogens with two attached hydrogens (primary N) is 1. The lowest BCUT2D eigenvalue weighted by atomic mass is 9.95. The number of rotatable bonds is 5. The quantitative estimate of drug-likeness (QED) is 0.760. The van der Waals surface area contributed by atoms with Crippen LogP contribution in [0.25, 0.3) is 0 Å². The first kappa shape index (κ1) is 12.5. The zero-order chi connectivity index (χ0) is 12.1. The fraction of sp³-hybridized carbons (Fsp3) is 0.818. The molecule has 0 amide bonds. The van der Waals surface area contributed by atoms with Crippen LogP contribution in [-0.4, -0.2) is 39.8 Å². The third-order valence-corrected chi connectivity index (χ3v) is 3.19. The first-order chi connectivity index (χ1) is 8.31. The van der Waals surface area contributed by atoms with Crippen LogP contribution in [0.15, 0.2) is 4.52 Å². The average molecular weight is 240 g/mol. The van der Waals surface area contributed by atoms with E-state index in [1.54, 1.807) is 0 Å².